The summed E-state index contributed by atoms with van der Waals surface area (Å²) in [5.41, 5.74) is 1.60. The van der Waals surface area contributed by atoms with E-state index in [1.54, 1.807) is 38.5 Å². The molecule has 2 aromatic carbocycles. The summed E-state index contributed by atoms with van der Waals surface area (Å²) in [5.74, 6) is 1.02. The van der Waals surface area contributed by atoms with Gasteiger partial charge in [0.25, 0.3) is 0 Å². The van der Waals surface area contributed by atoms with Crippen LogP contribution in [0, 0.1) is 0 Å². The summed E-state index contributed by atoms with van der Waals surface area (Å²) in [6.45, 7) is 0. The molecular weight excluding hydrogens is 374 g/mol. The second kappa shape index (κ2) is 6.88. The number of methoxy groups -OCH3 is 2. The Morgan fingerprint density at radius 2 is 1.92 bits per heavy atom. The van der Waals surface area contributed by atoms with Crippen molar-refractivity contribution in [2.24, 2.45) is 4.99 Å². The van der Waals surface area contributed by atoms with Gasteiger partial charge in [-0.25, -0.2) is 9.79 Å². The second-order valence-corrected chi connectivity index (χ2v) is 5.78. The smallest absolute Gasteiger partial charge is 0.363 e. The summed E-state index contributed by atoms with van der Waals surface area (Å²) < 4.78 is 16.6. The van der Waals surface area contributed by atoms with Gasteiger partial charge in [-0.3, -0.25) is 0 Å². The van der Waals surface area contributed by atoms with Crippen molar-refractivity contribution in [1.82, 2.24) is 0 Å². The molecule has 0 N–H and O–H groups in total. The van der Waals surface area contributed by atoms with Crippen molar-refractivity contribution in [2.45, 2.75) is 0 Å². The van der Waals surface area contributed by atoms with Gasteiger partial charge in [0.15, 0.2) is 5.70 Å². The molecule has 0 radical (unpaired) electrons. The predicted molar refractivity (Wildman–Crippen MR) is 94.3 cm³/mol. The summed E-state index contributed by atoms with van der Waals surface area (Å²) in [5, 5.41) is 0. The molecule has 3 rings (SSSR count). The van der Waals surface area contributed by atoms with Crippen LogP contribution >= 0.6 is 15.9 Å². The quantitative estimate of drug-likeness (QED) is 0.591. The molecule has 24 heavy (non-hydrogen) atoms. The van der Waals surface area contributed by atoms with E-state index in [1.165, 1.54) is 0 Å². The molecule has 0 aliphatic carbocycles. The van der Waals surface area contributed by atoms with Gasteiger partial charge in [0.1, 0.15) is 11.5 Å². The minimum atomic E-state index is -0.509. The van der Waals surface area contributed by atoms with E-state index >= 15 is 0 Å². The van der Waals surface area contributed by atoms with Crippen LogP contribution in [-0.2, 0) is 9.53 Å². The Balaban J connectivity index is 2.02. The van der Waals surface area contributed by atoms with E-state index in [1.807, 2.05) is 24.3 Å². The fraction of sp³-hybridized carbons (Fsp3) is 0.111. The molecule has 0 atom stereocenters. The first-order valence-corrected chi connectivity index (χ1v) is 7.91. The molecule has 6 heteroatoms. The number of halogens is 1. The van der Waals surface area contributed by atoms with Crippen LogP contribution in [0.4, 0.5) is 0 Å². The highest BCUT2D eigenvalue weighted by Gasteiger charge is 2.25. The third-order valence-electron chi connectivity index (χ3n) is 3.45. The van der Waals surface area contributed by atoms with Crippen LogP contribution in [0.1, 0.15) is 11.1 Å². The average molecular weight is 388 g/mol. The lowest BCUT2D eigenvalue weighted by Crippen LogP contribution is -2.05. The third-order valence-corrected chi connectivity index (χ3v) is 4.15. The zero-order chi connectivity index (χ0) is 17.1. The Morgan fingerprint density at radius 1 is 1.12 bits per heavy atom. The number of benzene rings is 2. The molecule has 0 spiro atoms. The lowest BCUT2D eigenvalue weighted by molar-refractivity contribution is -0.129. The molecule has 0 fully saturated rings. The van der Waals surface area contributed by atoms with Gasteiger partial charge in [0.05, 0.1) is 19.8 Å². The van der Waals surface area contributed by atoms with Crippen molar-refractivity contribution in [1.29, 1.82) is 0 Å². The maximum absolute atomic E-state index is 12.1. The third kappa shape index (κ3) is 3.19. The number of hydrogen-bond donors (Lipinski definition) is 0. The van der Waals surface area contributed by atoms with Crippen LogP contribution in [-0.4, -0.2) is 26.1 Å². The van der Waals surface area contributed by atoms with E-state index in [-0.39, 0.29) is 11.6 Å². The number of carbonyl (C=O) groups is 1. The summed E-state index contributed by atoms with van der Waals surface area (Å²) in [6.07, 6.45) is 1.62. The second-order valence-electron chi connectivity index (χ2n) is 4.92. The van der Waals surface area contributed by atoms with Crippen molar-refractivity contribution in [2.75, 3.05) is 14.2 Å². The number of rotatable bonds is 4. The average Bonchev–Trinajstić information content (AvgIpc) is 2.95. The summed E-state index contributed by atoms with van der Waals surface area (Å²) in [7, 11) is 3.14. The number of nitrogens with zero attached hydrogens (tertiary/aromatic N) is 1. The number of esters is 1. The van der Waals surface area contributed by atoms with Crippen molar-refractivity contribution < 1.29 is 19.0 Å². The monoisotopic (exact) mass is 387 g/mol. The molecule has 1 heterocycles. The van der Waals surface area contributed by atoms with Gasteiger partial charge >= 0.3 is 5.97 Å². The number of aliphatic imine (C=N–C) groups is 1. The molecule has 1 aliphatic rings. The number of hydrogen-bond acceptors (Lipinski definition) is 5. The Kier molecular flexibility index (Phi) is 4.66. The van der Waals surface area contributed by atoms with Crippen LogP contribution in [0.2, 0.25) is 0 Å². The highest BCUT2D eigenvalue weighted by Crippen LogP contribution is 2.29. The van der Waals surface area contributed by atoms with E-state index in [0.29, 0.717) is 22.6 Å². The van der Waals surface area contributed by atoms with Gasteiger partial charge in [-0.2, -0.15) is 0 Å². The van der Waals surface area contributed by atoms with Crippen LogP contribution in [0.25, 0.3) is 6.08 Å². The standard InChI is InChI=1S/C18H14BrNO4/c1-22-12-7-8-16(23-2)11(9-12)10-15-18(21)24-17(20-15)13-5-3-4-6-14(13)19/h3-10H,1-2H3. The molecule has 0 amide bonds. The molecule has 2 aromatic rings. The minimum Gasteiger partial charge on any atom is -0.497 e. The highest BCUT2D eigenvalue weighted by molar-refractivity contribution is 9.10. The van der Waals surface area contributed by atoms with Gasteiger partial charge < -0.3 is 14.2 Å². The Morgan fingerprint density at radius 3 is 2.62 bits per heavy atom. The first-order chi connectivity index (χ1) is 11.6. The molecular formula is C18H14BrNO4. The maximum atomic E-state index is 12.1. The Labute approximate surface area is 147 Å². The molecule has 0 aromatic heterocycles. The topological polar surface area (TPSA) is 57.1 Å². The lowest BCUT2D eigenvalue weighted by atomic mass is 10.1. The SMILES string of the molecule is COc1ccc(OC)c(C=C2N=C(c3ccccc3Br)OC2=O)c1. The minimum absolute atomic E-state index is 0.201. The van der Waals surface area contributed by atoms with E-state index in [9.17, 15) is 4.79 Å². The van der Waals surface area contributed by atoms with Gasteiger partial charge in [-0.05, 0) is 52.3 Å². The normalized spacial score (nSPS) is 15.2. The molecule has 122 valence electrons. The first-order valence-electron chi connectivity index (χ1n) is 7.12. The molecule has 0 saturated carbocycles. The number of cyclic esters (lactones) is 1. The Bertz CT molecular complexity index is 858. The number of carbonyl (C=O) groups excluding carboxylic acids is 1. The fourth-order valence-corrected chi connectivity index (χ4v) is 2.71. The van der Waals surface area contributed by atoms with Crippen molar-refractivity contribution >= 4 is 33.9 Å². The van der Waals surface area contributed by atoms with Crippen LogP contribution in [0.3, 0.4) is 0 Å². The summed E-state index contributed by atoms with van der Waals surface area (Å²) in [4.78, 5) is 16.4. The summed E-state index contributed by atoms with van der Waals surface area (Å²) in [6, 6.07) is 12.7. The Hall–Kier alpha value is -2.60. The van der Waals surface area contributed by atoms with Gasteiger partial charge in [-0.1, -0.05) is 12.1 Å². The first kappa shape index (κ1) is 16.3. The molecule has 1 aliphatic heterocycles. The fourth-order valence-electron chi connectivity index (χ4n) is 2.26. The van der Waals surface area contributed by atoms with E-state index in [4.69, 9.17) is 14.2 Å². The maximum Gasteiger partial charge on any atom is 0.363 e. The van der Waals surface area contributed by atoms with Crippen LogP contribution in [0.5, 0.6) is 11.5 Å². The summed E-state index contributed by atoms with van der Waals surface area (Å²) >= 11 is 3.43. The zero-order valence-electron chi connectivity index (χ0n) is 13.1. The van der Waals surface area contributed by atoms with E-state index in [0.717, 1.165) is 4.47 Å². The van der Waals surface area contributed by atoms with Crippen molar-refractivity contribution in [3.05, 3.63) is 63.8 Å². The molecule has 0 bridgehead atoms. The number of ether oxygens (including phenoxy) is 3. The van der Waals surface area contributed by atoms with Gasteiger partial charge in [-0.15, -0.1) is 0 Å². The van der Waals surface area contributed by atoms with Crippen molar-refractivity contribution in [3.8, 4) is 11.5 Å². The van der Waals surface area contributed by atoms with Crippen LogP contribution in [0.15, 0.2) is 57.6 Å². The van der Waals surface area contributed by atoms with Gasteiger partial charge in [0, 0.05) is 10.0 Å². The van der Waals surface area contributed by atoms with E-state index in [2.05, 4.69) is 20.9 Å². The molecule has 0 unspecified atom stereocenters. The zero-order valence-corrected chi connectivity index (χ0v) is 14.7. The van der Waals surface area contributed by atoms with Gasteiger partial charge in [0.2, 0.25) is 5.90 Å². The predicted octanol–water partition coefficient (Wildman–Crippen LogP) is 3.81. The largest absolute Gasteiger partial charge is 0.497 e. The lowest BCUT2D eigenvalue weighted by Gasteiger charge is -2.07. The van der Waals surface area contributed by atoms with E-state index < -0.39 is 5.97 Å². The van der Waals surface area contributed by atoms with Crippen LogP contribution < -0.4 is 9.47 Å². The molecule has 0 saturated heterocycles. The van der Waals surface area contributed by atoms with Crippen molar-refractivity contribution in [3.63, 3.8) is 0 Å². The molecule has 5 nitrogen and oxygen atoms in total. The highest BCUT2D eigenvalue weighted by atomic mass is 79.9.